The van der Waals surface area contributed by atoms with Crippen LogP contribution in [0.5, 0.6) is 23.0 Å². The largest absolute Gasteiger partial charge is 0.504 e. The van der Waals surface area contributed by atoms with Gasteiger partial charge in [-0.2, -0.15) is 0 Å². The molecule has 0 amide bonds. The molecule has 0 radical (unpaired) electrons. The zero-order chi connectivity index (χ0) is 20.1. The highest BCUT2D eigenvalue weighted by Gasteiger charge is 2.49. The van der Waals surface area contributed by atoms with Crippen LogP contribution in [0.1, 0.15) is 43.7 Å². The Labute approximate surface area is 169 Å². The van der Waals surface area contributed by atoms with Gasteiger partial charge in [0.05, 0.1) is 7.11 Å². The summed E-state index contributed by atoms with van der Waals surface area (Å²) in [5.41, 5.74) is 0.672. The van der Waals surface area contributed by atoms with Crippen LogP contribution in [0.4, 0.5) is 0 Å². The Bertz CT molecular complexity index is 946. The maximum absolute atomic E-state index is 10.6. The molecule has 28 heavy (non-hydrogen) atoms. The van der Waals surface area contributed by atoms with Gasteiger partial charge in [0.1, 0.15) is 5.75 Å². The third-order valence-electron chi connectivity index (χ3n) is 5.38. The van der Waals surface area contributed by atoms with Gasteiger partial charge in [-0.25, -0.2) is 0 Å². The van der Waals surface area contributed by atoms with E-state index in [-0.39, 0.29) is 28.7 Å². The number of nitrogens with one attached hydrogen (secondary N) is 2. The molecule has 7 heteroatoms. The number of ether oxygens (including phenoxy) is 2. The number of phenolic OH excluding ortho intramolecular Hbond substituents is 2. The van der Waals surface area contributed by atoms with Gasteiger partial charge >= 0.3 is 0 Å². The first-order valence-electron chi connectivity index (χ1n) is 9.21. The monoisotopic (exact) mass is 400 g/mol. The molecule has 2 aliphatic rings. The molecule has 0 unspecified atom stereocenters. The van der Waals surface area contributed by atoms with Crippen molar-refractivity contribution in [3.8, 4) is 23.0 Å². The molecule has 4 rings (SSSR count). The Morgan fingerprint density at radius 1 is 1.11 bits per heavy atom. The molecule has 4 N–H and O–H groups in total. The molecule has 2 heterocycles. The highest BCUT2D eigenvalue weighted by atomic mass is 32.1. The van der Waals surface area contributed by atoms with Crippen molar-refractivity contribution in [2.75, 3.05) is 7.11 Å². The van der Waals surface area contributed by atoms with E-state index >= 15 is 0 Å². The Kier molecular flexibility index (Phi) is 4.30. The van der Waals surface area contributed by atoms with E-state index in [4.69, 9.17) is 21.7 Å². The number of benzene rings is 2. The molecule has 148 valence electrons. The van der Waals surface area contributed by atoms with Gasteiger partial charge in [-0.15, -0.1) is 0 Å². The van der Waals surface area contributed by atoms with Gasteiger partial charge in [-0.05, 0) is 38.2 Å². The minimum Gasteiger partial charge on any atom is -0.504 e. The molecule has 0 aliphatic carbocycles. The molecule has 2 aliphatic heterocycles. The van der Waals surface area contributed by atoms with Gasteiger partial charge in [0.15, 0.2) is 22.3 Å². The maximum atomic E-state index is 10.6. The minimum atomic E-state index is -0.824. The molecular weight excluding hydrogens is 376 g/mol. The van der Waals surface area contributed by atoms with E-state index in [9.17, 15) is 10.2 Å². The van der Waals surface area contributed by atoms with Crippen molar-refractivity contribution in [2.24, 2.45) is 0 Å². The molecule has 1 fully saturated rings. The fraction of sp³-hybridized carbons (Fsp3) is 0.381. The van der Waals surface area contributed by atoms with Crippen LogP contribution >= 0.6 is 12.2 Å². The minimum absolute atomic E-state index is 0.115. The van der Waals surface area contributed by atoms with Crippen molar-refractivity contribution in [3.05, 3.63) is 47.5 Å². The van der Waals surface area contributed by atoms with E-state index in [1.54, 1.807) is 13.2 Å². The van der Waals surface area contributed by atoms with Crippen molar-refractivity contribution in [2.45, 2.75) is 43.9 Å². The predicted molar refractivity (Wildman–Crippen MR) is 110 cm³/mol. The first kappa shape index (κ1) is 18.7. The second kappa shape index (κ2) is 6.44. The summed E-state index contributed by atoms with van der Waals surface area (Å²) in [6.07, 6.45) is 1.20. The molecule has 0 bridgehead atoms. The van der Waals surface area contributed by atoms with Gasteiger partial charge in [0, 0.05) is 35.4 Å². The lowest BCUT2D eigenvalue weighted by Gasteiger charge is -2.50. The topological polar surface area (TPSA) is 83.0 Å². The second-order valence-electron chi connectivity index (χ2n) is 8.09. The molecule has 2 atom stereocenters. The molecule has 2 aromatic rings. The quantitative estimate of drug-likeness (QED) is 0.454. The number of phenols is 2. The van der Waals surface area contributed by atoms with E-state index in [2.05, 4.69) is 24.5 Å². The lowest BCUT2D eigenvalue weighted by atomic mass is 9.77. The van der Waals surface area contributed by atoms with Crippen molar-refractivity contribution >= 4 is 17.3 Å². The predicted octanol–water partition coefficient (Wildman–Crippen LogP) is 3.36. The fourth-order valence-corrected chi connectivity index (χ4v) is 4.86. The lowest BCUT2D eigenvalue weighted by molar-refractivity contribution is -0.0151. The molecule has 6 nitrogen and oxygen atoms in total. The Balaban J connectivity index is 1.89. The van der Waals surface area contributed by atoms with Crippen LogP contribution in [0.3, 0.4) is 0 Å². The summed E-state index contributed by atoms with van der Waals surface area (Å²) in [7, 11) is 1.64. The number of rotatable bonds is 2. The van der Waals surface area contributed by atoms with Gasteiger partial charge in [0.2, 0.25) is 5.75 Å². The Morgan fingerprint density at radius 2 is 1.86 bits per heavy atom. The van der Waals surface area contributed by atoms with Crippen LogP contribution in [0.2, 0.25) is 0 Å². The standard InChI is InChI=1S/C21H24N2O4S/c1-20(2)11-21(23-19(28)22-20)10-14(12-6-4-5-7-16(12)26-3)13-8-9-15(24)17(25)18(13)27-21/h4-9,14,24-25H,10-11H2,1-3H3,(H2,22,23,28)/t14-,21-/m0/s1. The Morgan fingerprint density at radius 3 is 2.57 bits per heavy atom. The number of fused-ring (bicyclic) bond motifs is 1. The summed E-state index contributed by atoms with van der Waals surface area (Å²) in [4.78, 5) is 0. The van der Waals surface area contributed by atoms with Crippen LogP contribution in [-0.4, -0.2) is 33.7 Å². The van der Waals surface area contributed by atoms with Crippen LogP contribution in [0, 0.1) is 0 Å². The van der Waals surface area contributed by atoms with Gasteiger partial charge < -0.3 is 30.3 Å². The van der Waals surface area contributed by atoms with Crippen LogP contribution in [0.25, 0.3) is 0 Å². The van der Waals surface area contributed by atoms with Crippen molar-refractivity contribution < 1.29 is 19.7 Å². The van der Waals surface area contributed by atoms with E-state index in [0.29, 0.717) is 18.0 Å². The summed E-state index contributed by atoms with van der Waals surface area (Å²) < 4.78 is 11.9. The maximum Gasteiger partial charge on any atom is 0.200 e. The highest BCUT2D eigenvalue weighted by Crippen LogP contribution is 2.53. The van der Waals surface area contributed by atoms with E-state index in [0.717, 1.165) is 16.9 Å². The van der Waals surface area contributed by atoms with Gasteiger partial charge in [0.25, 0.3) is 0 Å². The lowest BCUT2D eigenvalue weighted by Crippen LogP contribution is -2.69. The Hall–Kier alpha value is -2.67. The molecule has 1 spiro atoms. The second-order valence-corrected chi connectivity index (χ2v) is 8.49. The smallest absolute Gasteiger partial charge is 0.200 e. The van der Waals surface area contributed by atoms with E-state index in [1.807, 2.05) is 24.3 Å². The molecule has 2 aromatic carbocycles. The number of hydrogen-bond donors (Lipinski definition) is 4. The SMILES string of the molecule is COc1ccccc1[C@@H]1C[C@@]2(CC(C)(C)NC(=S)N2)Oc2c1ccc(O)c2O. The molecule has 0 saturated carbocycles. The average molecular weight is 401 g/mol. The molecule has 0 aromatic heterocycles. The molecular formula is C21H24N2O4S. The van der Waals surface area contributed by atoms with Gasteiger partial charge in [-0.1, -0.05) is 24.3 Å². The van der Waals surface area contributed by atoms with Crippen molar-refractivity contribution in [3.63, 3.8) is 0 Å². The van der Waals surface area contributed by atoms with Crippen molar-refractivity contribution in [1.29, 1.82) is 0 Å². The fourth-order valence-electron chi connectivity index (χ4n) is 4.40. The van der Waals surface area contributed by atoms with Gasteiger partial charge in [-0.3, -0.25) is 0 Å². The van der Waals surface area contributed by atoms with Crippen LogP contribution < -0.4 is 20.1 Å². The number of para-hydroxylation sites is 1. The summed E-state index contributed by atoms with van der Waals surface area (Å²) in [5, 5.41) is 27.7. The number of thiocarbonyl (C=S) groups is 1. The molecule has 1 saturated heterocycles. The number of hydrogen-bond acceptors (Lipinski definition) is 5. The number of methoxy groups -OCH3 is 1. The summed E-state index contributed by atoms with van der Waals surface area (Å²) in [5.74, 6) is 0.440. The highest BCUT2D eigenvalue weighted by molar-refractivity contribution is 7.80. The van der Waals surface area contributed by atoms with E-state index in [1.165, 1.54) is 6.07 Å². The van der Waals surface area contributed by atoms with E-state index < -0.39 is 5.72 Å². The summed E-state index contributed by atoms with van der Waals surface area (Å²) in [6, 6.07) is 11.1. The first-order chi connectivity index (χ1) is 13.2. The summed E-state index contributed by atoms with van der Waals surface area (Å²) in [6.45, 7) is 4.11. The summed E-state index contributed by atoms with van der Waals surface area (Å²) >= 11 is 5.43. The van der Waals surface area contributed by atoms with Crippen LogP contribution in [-0.2, 0) is 0 Å². The zero-order valence-electron chi connectivity index (χ0n) is 16.1. The third-order valence-corrected chi connectivity index (χ3v) is 5.59. The first-order valence-corrected chi connectivity index (χ1v) is 9.61. The average Bonchev–Trinajstić information content (AvgIpc) is 2.62. The van der Waals surface area contributed by atoms with Crippen molar-refractivity contribution in [1.82, 2.24) is 10.6 Å². The normalized spacial score (nSPS) is 25.2. The number of aromatic hydroxyl groups is 2. The third kappa shape index (κ3) is 3.09. The zero-order valence-corrected chi connectivity index (χ0v) is 16.9. The van der Waals surface area contributed by atoms with Crippen LogP contribution in [0.15, 0.2) is 36.4 Å².